The number of carbonyl (C=O) groups is 1. The van der Waals surface area contributed by atoms with E-state index in [2.05, 4.69) is 4.74 Å². The summed E-state index contributed by atoms with van der Waals surface area (Å²) in [6.07, 6.45) is 0. The third-order valence-corrected chi connectivity index (χ3v) is 1.59. The second-order valence-corrected chi connectivity index (χ2v) is 2.41. The monoisotopic (exact) mass is 176 g/mol. The number of hydrogen-bond donors (Lipinski definition) is 1. The van der Waals surface area contributed by atoms with Gasteiger partial charge >= 0.3 is 5.97 Å². The van der Waals surface area contributed by atoms with Gasteiger partial charge in [-0.3, -0.25) is 0 Å². The second kappa shape index (κ2) is 3.59. The van der Waals surface area contributed by atoms with E-state index in [0.717, 1.165) is 0 Å². The summed E-state index contributed by atoms with van der Waals surface area (Å²) in [5.41, 5.74) is 6.48. The Morgan fingerprint density at radius 3 is 2.77 bits per heavy atom. The standard InChI is InChI=1S/C9H8N2O2/c1-13-9(12)6-2-3-7(5-10)8(11)4-6/h2-4H,11H2,1H3. The lowest BCUT2D eigenvalue weighted by Gasteiger charge is -2.01. The molecule has 1 aromatic carbocycles. The van der Waals surface area contributed by atoms with Crippen LogP contribution in [-0.2, 0) is 4.74 Å². The van der Waals surface area contributed by atoms with E-state index in [1.807, 2.05) is 6.07 Å². The van der Waals surface area contributed by atoms with E-state index >= 15 is 0 Å². The van der Waals surface area contributed by atoms with Crippen LogP contribution >= 0.6 is 0 Å². The number of benzene rings is 1. The van der Waals surface area contributed by atoms with E-state index < -0.39 is 5.97 Å². The van der Waals surface area contributed by atoms with Gasteiger partial charge in [0.15, 0.2) is 0 Å². The summed E-state index contributed by atoms with van der Waals surface area (Å²) in [5.74, 6) is -0.462. The quantitative estimate of drug-likeness (QED) is 0.510. The third-order valence-electron chi connectivity index (χ3n) is 1.59. The largest absolute Gasteiger partial charge is 0.465 e. The first-order valence-corrected chi connectivity index (χ1v) is 3.57. The number of nitrogens with zero attached hydrogens (tertiary/aromatic N) is 1. The van der Waals surface area contributed by atoms with Gasteiger partial charge in [0.05, 0.1) is 23.9 Å². The maximum atomic E-state index is 11.0. The maximum Gasteiger partial charge on any atom is 0.337 e. The minimum atomic E-state index is -0.462. The van der Waals surface area contributed by atoms with Crippen molar-refractivity contribution in [3.8, 4) is 6.07 Å². The molecule has 0 aliphatic heterocycles. The zero-order valence-corrected chi connectivity index (χ0v) is 7.07. The van der Waals surface area contributed by atoms with Gasteiger partial charge in [0.25, 0.3) is 0 Å². The fourth-order valence-electron chi connectivity index (χ4n) is 0.909. The molecule has 13 heavy (non-hydrogen) atoms. The molecule has 0 saturated carbocycles. The first kappa shape index (κ1) is 9.07. The molecule has 66 valence electrons. The van der Waals surface area contributed by atoms with Crippen molar-refractivity contribution in [3.05, 3.63) is 29.3 Å². The Hall–Kier alpha value is -2.02. The summed E-state index contributed by atoms with van der Waals surface area (Å²) in [6, 6.07) is 6.31. The topological polar surface area (TPSA) is 76.1 Å². The second-order valence-electron chi connectivity index (χ2n) is 2.41. The van der Waals surface area contributed by atoms with Gasteiger partial charge < -0.3 is 10.5 Å². The van der Waals surface area contributed by atoms with E-state index in [9.17, 15) is 4.79 Å². The molecule has 0 spiro atoms. The number of nitrogens with two attached hydrogens (primary N) is 1. The van der Waals surface area contributed by atoms with Crippen LogP contribution in [0.4, 0.5) is 5.69 Å². The smallest absolute Gasteiger partial charge is 0.337 e. The maximum absolute atomic E-state index is 11.0. The van der Waals surface area contributed by atoms with Crippen LogP contribution < -0.4 is 5.73 Å². The summed E-state index contributed by atoms with van der Waals surface area (Å²) < 4.78 is 4.49. The van der Waals surface area contributed by atoms with Gasteiger partial charge in [0.1, 0.15) is 6.07 Å². The van der Waals surface area contributed by atoms with Crippen LogP contribution in [0.25, 0.3) is 0 Å². The fourth-order valence-corrected chi connectivity index (χ4v) is 0.909. The number of methoxy groups -OCH3 is 1. The van der Waals surface area contributed by atoms with Crippen molar-refractivity contribution in [1.29, 1.82) is 5.26 Å². The molecule has 1 rings (SSSR count). The van der Waals surface area contributed by atoms with Crippen molar-refractivity contribution in [2.45, 2.75) is 0 Å². The van der Waals surface area contributed by atoms with E-state index in [1.165, 1.54) is 25.3 Å². The fraction of sp³-hybridized carbons (Fsp3) is 0.111. The van der Waals surface area contributed by atoms with E-state index in [-0.39, 0.29) is 5.69 Å². The number of esters is 1. The number of rotatable bonds is 1. The molecule has 0 fully saturated rings. The molecular formula is C9H8N2O2. The Bertz CT molecular complexity index is 380. The predicted molar refractivity (Wildman–Crippen MR) is 46.9 cm³/mol. The Balaban J connectivity index is 3.11. The molecule has 0 bridgehead atoms. The Kier molecular flexibility index (Phi) is 2.50. The number of hydrogen-bond acceptors (Lipinski definition) is 4. The highest BCUT2D eigenvalue weighted by Gasteiger charge is 2.06. The summed E-state index contributed by atoms with van der Waals surface area (Å²) in [4.78, 5) is 11.0. The molecule has 4 heteroatoms. The Labute approximate surface area is 75.5 Å². The van der Waals surface area contributed by atoms with Crippen LogP contribution in [0.2, 0.25) is 0 Å². The van der Waals surface area contributed by atoms with Crippen molar-refractivity contribution in [1.82, 2.24) is 0 Å². The molecule has 0 heterocycles. The van der Waals surface area contributed by atoms with Crippen LogP contribution in [0.5, 0.6) is 0 Å². The third kappa shape index (κ3) is 1.76. The van der Waals surface area contributed by atoms with Gasteiger partial charge in [0.2, 0.25) is 0 Å². The molecule has 2 N–H and O–H groups in total. The minimum Gasteiger partial charge on any atom is -0.465 e. The molecule has 0 saturated heterocycles. The predicted octanol–water partition coefficient (Wildman–Crippen LogP) is 0.927. The van der Waals surface area contributed by atoms with Crippen molar-refractivity contribution in [2.24, 2.45) is 0 Å². The average molecular weight is 176 g/mol. The van der Waals surface area contributed by atoms with Crippen LogP contribution in [0.3, 0.4) is 0 Å². The lowest BCUT2D eigenvalue weighted by molar-refractivity contribution is 0.0601. The molecular weight excluding hydrogens is 168 g/mol. The molecule has 4 nitrogen and oxygen atoms in total. The zero-order valence-electron chi connectivity index (χ0n) is 7.07. The highest BCUT2D eigenvalue weighted by molar-refractivity contribution is 5.90. The Morgan fingerprint density at radius 1 is 1.62 bits per heavy atom. The highest BCUT2D eigenvalue weighted by Crippen LogP contribution is 2.13. The van der Waals surface area contributed by atoms with Crippen LogP contribution in [0.1, 0.15) is 15.9 Å². The number of ether oxygens (including phenoxy) is 1. The molecule has 0 aliphatic rings. The lowest BCUT2D eigenvalue weighted by Crippen LogP contribution is -2.02. The van der Waals surface area contributed by atoms with Crippen molar-refractivity contribution in [2.75, 3.05) is 12.8 Å². The van der Waals surface area contributed by atoms with E-state index in [0.29, 0.717) is 11.1 Å². The van der Waals surface area contributed by atoms with Gasteiger partial charge in [-0.2, -0.15) is 5.26 Å². The first-order chi connectivity index (χ1) is 6.19. The lowest BCUT2D eigenvalue weighted by atomic mass is 10.1. The normalized spacial score (nSPS) is 8.92. The van der Waals surface area contributed by atoms with Crippen molar-refractivity contribution in [3.63, 3.8) is 0 Å². The van der Waals surface area contributed by atoms with Gasteiger partial charge in [0, 0.05) is 0 Å². The van der Waals surface area contributed by atoms with Gasteiger partial charge in [-0.1, -0.05) is 0 Å². The Morgan fingerprint density at radius 2 is 2.31 bits per heavy atom. The number of nitriles is 1. The van der Waals surface area contributed by atoms with Gasteiger partial charge in [-0.05, 0) is 18.2 Å². The van der Waals surface area contributed by atoms with E-state index in [1.54, 1.807) is 0 Å². The molecule has 1 aromatic rings. The summed E-state index contributed by atoms with van der Waals surface area (Å²) >= 11 is 0. The number of nitrogen functional groups attached to an aromatic ring is 1. The molecule has 0 atom stereocenters. The summed E-state index contributed by atoms with van der Waals surface area (Å²) in [5, 5.41) is 8.56. The summed E-state index contributed by atoms with van der Waals surface area (Å²) in [6.45, 7) is 0. The molecule has 0 aromatic heterocycles. The molecule has 0 radical (unpaired) electrons. The number of carbonyl (C=O) groups excluding carboxylic acids is 1. The highest BCUT2D eigenvalue weighted by atomic mass is 16.5. The summed E-state index contributed by atoms with van der Waals surface area (Å²) in [7, 11) is 1.29. The van der Waals surface area contributed by atoms with E-state index in [4.69, 9.17) is 11.0 Å². The minimum absolute atomic E-state index is 0.283. The SMILES string of the molecule is COC(=O)c1ccc(C#N)c(N)c1. The van der Waals surface area contributed by atoms with Gasteiger partial charge in [-0.15, -0.1) is 0 Å². The van der Waals surface area contributed by atoms with Crippen molar-refractivity contribution < 1.29 is 9.53 Å². The van der Waals surface area contributed by atoms with Gasteiger partial charge in [-0.25, -0.2) is 4.79 Å². The first-order valence-electron chi connectivity index (χ1n) is 3.57. The molecule has 0 amide bonds. The molecule has 0 unspecified atom stereocenters. The number of anilines is 1. The van der Waals surface area contributed by atoms with Crippen molar-refractivity contribution >= 4 is 11.7 Å². The van der Waals surface area contributed by atoms with Crippen LogP contribution in [-0.4, -0.2) is 13.1 Å². The zero-order chi connectivity index (χ0) is 9.84. The molecule has 0 aliphatic carbocycles. The van der Waals surface area contributed by atoms with Crippen LogP contribution in [0, 0.1) is 11.3 Å². The van der Waals surface area contributed by atoms with Crippen LogP contribution in [0.15, 0.2) is 18.2 Å². The average Bonchev–Trinajstić information content (AvgIpc) is 2.16.